The van der Waals surface area contributed by atoms with E-state index in [0.29, 0.717) is 0 Å². The van der Waals surface area contributed by atoms with Crippen LogP contribution >= 0.6 is 0 Å². The molecular formula is C10H14F2N2O5. The number of ether oxygens (including phenoxy) is 1. The van der Waals surface area contributed by atoms with Gasteiger partial charge in [-0.25, -0.2) is 8.78 Å². The number of alkyl halides is 2. The van der Waals surface area contributed by atoms with Gasteiger partial charge in [0.15, 0.2) is 18.0 Å². The van der Waals surface area contributed by atoms with Crippen LogP contribution < -0.4 is 5.32 Å². The van der Waals surface area contributed by atoms with E-state index in [4.69, 9.17) is 9.84 Å². The molecule has 0 aliphatic carbocycles. The number of rotatable bonds is 3. The zero-order valence-corrected chi connectivity index (χ0v) is 9.74. The molecule has 5 atom stereocenters. The van der Waals surface area contributed by atoms with Crippen molar-refractivity contribution >= 4 is 5.91 Å². The monoisotopic (exact) mass is 280 g/mol. The molecule has 1 unspecified atom stereocenters. The molecule has 9 heteroatoms. The normalized spacial score (nSPS) is 42.6. The van der Waals surface area contributed by atoms with Gasteiger partial charge in [-0.05, 0) is 0 Å². The van der Waals surface area contributed by atoms with Crippen molar-refractivity contribution in [2.75, 3.05) is 13.3 Å². The van der Waals surface area contributed by atoms with E-state index in [1.165, 1.54) is 0 Å². The second-order valence-corrected chi connectivity index (χ2v) is 4.40. The third kappa shape index (κ3) is 2.18. The number of amides is 1. The van der Waals surface area contributed by atoms with Crippen LogP contribution in [0.4, 0.5) is 8.78 Å². The molecule has 2 aliphatic heterocycles. The number of hydrogen-bond donors (Lipinski definition) is 4. The highest BCUT2D eigenvalue weighted by molar-refractivity contribution is 5.88. The fraction of sp³-hybridized carbons (Fsp3) is 0.700. The van der Waals surface area contributed by atoms with Crippen molar-refractivity contribution < 1.29 is 33.6 Å². The SMILES string of the molecule is O=C1C=CN([C@@H]2O[C@@](CO)(CF)[C@@H](O)[C@H]2F)C(O)N1. The summed E-state index contributed by atoms with van der Waals surface area (Å²) < 4.78 is 31.9. The molecule has 0 bridgehead atoms. The van der Waals surface area contributed by atoms with Crippen LogP contribution in [0.3, 0.4) is 0 Å². The van der Waals surface area contributed by atoms with E-state index >= 15 is 0 Å². The van der Waals surface area contributed by atoms with E-state index in [1.54, 1.807) is 0 Å². The zero-order valence-electron chi connectivity index (χ0n) is 9.74. The molecule has 0 spiro atoms. The lowest BCUT2D eigenvalue weighted by molar-refractivity contribution is -0.178. The van der Waals surface area contributed by atoms with Gasteiger partial charge in [-0.2, -0.15) is 0 Å². The Hall–Kier alpha value is -1.29. The quantitative estimate of drug-likeness (QED) is 0.475. The van der Waals surface area contributed by atoms with Crippen LogP contribution in [0.25, 0.3) is 0 Å². The summed E-state index contributed by atoms with van der Waals surface area (Å²) in [6, 6.07) is 0. The van der Waals surface area contributed by atoms with Crippen LogP contribution in [0, 0.1) is 0 Å². The summed E-state index contributed by atoms with van der Waals surface area (Å²) in [5.41, 5.74) is -2.07. The Morgan fingerprint density at radius 2 is 2.21 bits per heavy atom. The predicted octanol–water partition coefficient (Wildman–Crippen LogP) is -2.04. The largest absolute Gasteiger partial charge is 0.393 e. The molecule has 1 saturated heterocycles. The van der Waals surface area contributed by atoms with Gasteiger partial charge in [0.05, 0.1) is 6.61 Å². The summed E-state index contributed by atoms with van der Waals surface area (Å²) in [5, 5.41) is 30.3. The van der Waals surface area contributed by atoms with Crippen molar-refractivity contribution in [3.63, 3.8) is 0 Å². The van der Waals surface area contributed by atoms with E-state index in [1.807, 2.05) is 0 Å². The third-order valence-electron chi connectivity index (χ3n) is 3.21. The summed E-state index contributed by atoms with van der Waals surface area (Å²) in [5.74, 6) is -0.586. The summed E-state index contributed by atoms with van der Waals surface area (Å²) in [6.45, 7) is -2.21. The fourth-order valence-electron chi connectivity index (χ4n) is 2.04. The van der Waals surface area contributed by atoms with Gasteiger partial charge in [-0.3, -0.25) is 4.79 Å². The minimum absolute atomic E-state index is 0.586. The van der Waals surface area contributed by atoms with Crippen molar-refractivity contribution in [3.8, 4) is 0 Å². The molecule has 4 N–H and O–H groups in total. The number of carbonyl (C=O) groups excluding carboxylic acids is 1. The Balaban J connectivity index is 2.22. The maximum Gasteiger partial charge on any atom is 0.248 e. The van der Waals surface area contributed by atoms with Crippen molar-refractivity contribution in [1.29, 1.82) is 0 Å². The average molecular weight is 280 g/mol. The summed E-state index contributed by atoms with van der Waals surface area (Å²) in [6.07, 6.45) is -4.95. The van der Waals surface area contributed by atoms with Crippen LogP contribution in [0.2, 0.25) is 0 Å². The highest BCUT2D eigenvalue weighted by Gasteiger charge is 2.57. The number of carbonyl (C=O) groups is 1. The van der Waals surface area contributed by atoms with Gasteiger partial charge in [-0.1, -0.05) is 0 Å². The Kier molecular flexibility index (Phi) is 3.72. The predicted molar refractivity (Wildman–Crippen MR) is 56.7 cm³/mol. The van der Waals surface area contributed by atoms with Gasteiger partial charge < -0.3 is 30.3 Å². The Morgan fingerprint density at radius 3 is 2.68 bits per heavy atom. The first-order valence-electron chi connectivity index (χ1n) is 5.56. The zero-order chi connectivity index (χ0) is 14.2. The van der Waals surface area contributed by atoms with Crippen LogP contribution in [-0.4, -0.2) is 69.9 Å². The first kappa shape index (κ1) is 14.1. The molecule has 2 rings (SSSR count). The number of halogens is 2. The molecule has 0 radical (unpaired) electrons. The minimum Gasteiger partial charge on any atom is -0.393 e. The van der Waals surface area contributed by atoms with E-state index in [0.717, 1.165) is 17.2 Å². The van der Waals surface area contributed by atoms with Crippen molar-refractivity contribution in [2.45, 2.75) is 30.5 Å². The minimum atomic E-state index is -2.07. The molecule has 1 amide bonds. The van der Waals surface area contributed by atoms with Crippen LogP contribution in [0.15, 0.2) is 12.3 Å². The number of nitrogens with zero attached hydrogens (tertiary/aromatic N) is 1. The van der Waals surface area contributed by atoms with Gasteiger partial charge in [0, 0.05) is 12.3 Å². The number of nitrogens with one attached hydrogen (secondary N) is 1. The number of hydrogen-bond acceptors (Lipinski definition) is 6. The molecule has 2 aliphatic rings. The molecule has 0 aromatic rings. The Morgan fingerprint density at radius 1 is 1.53 bits per heavy atom. The smallest absolute Gasteiger partial charge is 0.248 e. The summed E-state index contributed by atoms with van der Waals surface area (Å²) >= 11 is 0. The standard InChI is InChI=1S/C10H14F2N2O5/c11-3-10(4-15)7(17)6(12)8(19-10)14-2-1-5(16)13-9(14)18/h1-2,6-9,15,17-18H,3-4H2,(H,13,16)/t6-,7+,8-,9?,10-/m1/s1. The topological polar surface area (TPSA) is 102 Å². The fourth-order valence-corrected chi connectivity index (χ4v) is 2.04. The molecule has 108 valence electrons. The van der Waals surface area contributed by atoms with Gasteiger partial charge in [0.2, 0.25) is 12.3 Å². The number of aliphatic hydroxyl groups excluding tert-OH is 3. The Bertz CT molecular complexity index is 390. The summed E-state index contributed by atoms with van der Waals surface area (Å²) in [7, 11) is 0. The van der Waals surface area contributed by atoms with E-state index in [-0.39, 0.29) is 0 Å². The molecule has 19 heavy (non-hydrogen) atoms. The third-order valence-corrected chi connectivity index (χ3v) is 3.21. The highest BCUT2D eigenvalue weighted by atomic mass is 19.1. The highest BCUT2D eigenvalue weighted by Crippen LogP contribution is 2.36. The van der Waals surface area contributed by atoms with Crippen LogP contribution in [0.5, 0.6) is 0 Å². The molecule has 2 heterocycles. The van der Waals surface area contributed by atoms with E-state index in [2.05, 4.69) is 5.32 Å². The maximum atomic E-state index is 14.0. The molecule has 7 nitrogen and oxygen atoms in total. The van der Waals surface area contributed by atoms with Crippen molar-refractivity contribution in [3.05, 3.63) is 12.3 Å². The van der Waals surface area contributed by atoms with Gasteiger partial charge in [-0.15, -0.1) is 0 Å². The lowest BCUT2D eigenvalue weighted by Crippen LogP contribution is -2.54. The van der Waals surface area contributed by atoms with Gasteiger partial charge >= 0.3 is 0 Å². The first-order chi connectivity index (χ1) is 8.95. The Labute approximate surface area is 107 Å². The lowest BCUT2D eigenvalue weighted by Gasteiger charge is -2.35. The van der Waals surface area contributed by atoms with Gasteiger partial charge in [0.1, 0.15) is 12.8 Å². The molecule has 0 saturated carbocycles. The second kappa shape index (κ2) is 5.00. The van der Waals surface area contributed by atoms with Crippen molar-refractivity contribution in [1.82, 2.24) is 10.2 Å². The maximum absolute atomic E-state index is 14.0. The molecule has 0 aromatic heterocycles. The molecular weight excluding hydrogens is 266 g/mol. The van der Waals surface area contributed by atoms with E-state index < -0.39 is 49.6 Å². The number of aliphatic hydroxyl groups is 3. The van der Waals surface area contributed by atoms with Crippen molar-refractivity contribution in [2.24, 2.45) is 0 Å². The van der Waals surface area contributed by atoms with Crippen LogP contribution in [-0.2, 0) is 9.53 Å². The second-order valence-electron chi connectivity index (χ2n) is 4.40. The van der Waals surface area contributed by atoms with Gasteiger partial charge in [0.25, 0.3) is 0 Å². The first-order valence-corrected chi connectivity index (χ1v) is 5.56. The van der Waals surface area contributed by atoms with E-state index in [9.17, 15) is 23.8 Å². The summed E-state index contributed by atoms with van der Waals surface area (Å²) in [4.78, 5) is 11.8. The molecule has 1 fully saturated rings. The van der Waals surface area contributed by atoms with Crippen LogP contribution in [0.1, 0.15) is 0 Å². The lowest BCUT2D eigenvalue weighted by atomic mass is 9.98. The molecule has 0 aromatic carbocycles. The average Bonchev–Trinajstić information content (AvgIpc) is 2.64.